The Kier molecular flexibility index (Phi) is 6.24. The van der Waals surface area contributed by atoms with Crippen molar-refractivity contribution < 1.29 is 14.3 Å². The molecule has 2 heterocycles. The van der Waals surface area contributed by atoms with Crippen LogP contribution in [0.4, 0.5) is 5.00 Å². The lowest BCUT2D eigenvalue weighted by Gasteiger charge is -2.12. The minimum atomic E-state index is -0.507. The molecule has 0 saturated carbocycles. The highest BCUT2D eigenvalue weighted by molar-refractivity contribution is 7.17. The van der Waals surface area contributed by atoms with Gasteiger partial charge in [0.25, 0.3) is 5.56 Å². The third-order valence-electron chi connectivity index (χ3n) is 4.23. The zero-order valence-electron chi connectivity index (χ0n) is 14.6. The molecular weight excluding hydrogens is 411 g/mol. The molecule has 0 fully saturated rings. The Morgan fingerprint density at radius 2 is 2.04 bits per heavy atom. The molecule has 1 N–H and O–H groups in total. The van der Waals surface area contributed by atoms with Crippen molar-refractivity contribution in [3.8, 4) is 0 Å². The number of nitrogens with one attached hydrogen (secondary N) is 1. The van der Waals surface area contributed by atoms with Crippen LogP contribution in [0.25, 0.3) is 0 Å². The molecular formula is C18H18Cl2N2O4S. The van der Waals surface area contributed by atoms with Crippen LogP contribution in [-0.4, -0.2) is 23.1 Å². The van der Waals surface area contributed by atoms with Crippen LogP contribution in [0.2, 0.25) is 10.0 Å². The Morgan fingerprint density at radius 1 is 1.30 bits per heavy atom. The topological polar surface area (TPSA) is 77.4 Å². The number of carbonyl (C=O) groups excluding carboxylic acids is 2. The number of thiophene rings is 1. The quantitative estimate of drug-likeness (QED) is 0.732. The minimum absolute atomic E-state index is 0.0610. The molecule has 0 bridgehead atoms. The summed E-state index contributed by atoms with van der Waals surface area (Å²) >= 11 is 13.1. The van der Waals surface area contributed by atoms with Crippen LogP contribution < -0.4 is 10.9 Å². The molecule has 0 radical (unpaired) electrons. The molecule has 2 aromatic heterocycles. The predicted molar refractivity (Wildman–Crippen MR) is 106 cm³/mol. The Morgan fingerprint density at radius 3 is 2.78 bits per heavy atom. The summed E-state index contributed by atoms with van der Waals surface area (Å²) in [5, 5.41) is 3.41. The van der Waals surface area contributed by atoms with E-state index in [9.17, 15) is 14.4 Å². The van der Waals surface area contributed by atoms with E-state index in [1.54, 1.807) is 6.92 Å². The lowest BCUT2D eigenvalue weighted by atomic mass is 9.95. The van der Waals surface area contributed by atoms with Crippen molar-refractivity contribution in [2.45, 2.75) is 39.2 Å². The number of ether oxygens (including phenoxy) is 1. The third kappa shape index (κ3) is 4.36. The van der Waals surface area contributed by atoms with E-state index in [-0.39, 0.29) is 23.2 Å². The largest absolute Gasteiger partial charge is 0.462 e. The van der Waals surface area contributed by atoms with Crippen LogP contribution in [0.3, 0.4) is 0 Å². The molecule has 0 saturated heterocycles. The van der Waals surface area contributed by atoms with E-state index in [0.29, 0.717) is 10.6 Å². The summed E-state index contributed by atoms with van der Waals surface area (Å²) in [5.74, 6) is -0.880. The van der Waals surface area contributed by atoms with Crippen molar-refractivity contribution in [1.29, 1.82) is 0 Å². The first kappa shape index (κ1) is 19.9. The lowest BCUT2D eigenvalue weighted by molar-refractivity contribution is -0.116. The van der Waals surface area contributed by atoms with E-state index in [0.717, 1.165) is 40.7 Å². The first-order chi connectivity index (χ1) is 12.9. The highest BCUT2D eigenvalue weighted by atomic mass is 35.5. The number of rotatable bonds is 5. The van der Waals surface area contributed by atoms with Gasteiger partial charge in [-0.1, -0.05) is 23.2 Å². The van der Waals surface area contributed by atoms with Crippen LogP contribution in [0.1, 0.15) is 40.6 Å². The molecule has 0 aliphatic heterocycles. The van der Waals surface area contributed by atoms with Gasteiger partial charge in [-0.25, -0.2) is 4.79 Å². The van der Waals surface area contributed by atoms with Gasteiger partial charge in [0.15, 0.2) is 0 Å². The number of hydrogen-bond donors (Lipinski definition) is 1. The number of hydrogen-bond acceptors (Lipinski definition) is 5. The number of carbonyl (C=O) groups is 2. The van der Waals surface area contributed by atoms with Gasteiger partial charge < -0.3 is 14.6 Å². The van der Waals surface area contributed by atoms with Crippen molar-refractivity contribution in [3.05, 3.63) is 48.7 Å². The fourth-order valence-corrected chi connectivity index (χ4v) is 4.88. The smallest absolute Gasteiger partial charge is 0.341 e. The van der Waals surface area contributed by atoms with Crippen molar-refractivity contribution in [2.75, 3.05) is 11.9 Å². The first-order valence-corrected chi connectivity index (χ1v) is 10.1. The highest BCUT2D eigenvalue weighted by Crippen LogP contribution is 2.38. The fraction of sp³-hybridized carbons (Fsp3) is 0.389. The monoisotopic (exact) mass is 428 g/mol. The Balaban J connectivity index is 1.87. The van der Waals surface area contributed by atoms with Crippen LogP contribution in [0.15, 0.2) is 17.1 Å². The molecule has 1 amide bonds. The summed E-state index contributed by atoms with van der Waals surface area (Å²) in [6, 6.07) is 1.33. The summed E-state index contributed by atoms with van der Waals surface area (Å²) in [7, 11) is 0. The highest BCUT2D eigenvalue weighted by Gasteiger charge is 2.27. The number of esters is 1. The van der Waals surface area contributed by atoms with E-state index in [1.165, 1.54) is 23.6 Å². The summed E-state index contributed by atoms with van der Waals surface area (Å²) in [4.78, 5) is 38.1. The molecule has 144 valence electrons. The number of nitrogens with zero attached hydrogens (tertiary/aromatic N) is 1. The number of anilines is 1. The molecule has 2 aromatic rings. The molecule has 0 atom stereocenters. The molecule has 6 nitrogen and oxygen atoms in total. The van der Waals surface area contributed by atoms with Crippen LogP contribution in [-0.2, 0) is 28.9 Å². The van der Waals surface area contributed by atoms with Gasteiger partial charge in [0.1, 0.15) is 16.6 Å². The first-order valence-electron chi connectivity index (χ1n) is 8.57. The van der Waals surface area contributed by atoms with Crippen LogP contribution in [0, 0.1) is 0 Å². The van der Waals surface area contributed by atoms with Crippen molar-refractivity contribution in [3.63, 3.8) is 0 Å². The Bertz CT molecular complexity index is 952. The van der Waals surface area contributed by atoms with Gasteiger partial charge in [-0.05, 0) is 44.2 Å². The van der Waals surface area contributed by atoms with Crippen molar-refractivity contribution in [2.24, 2.45) is 0 Å². The van der Waals surface area contributed by atoms with E-state index >= 15 is 0 Å². The maximum absolute atomic E-state index is 12.5. The van der Waals surface area contributed by atoms with Gasteiger partial charge in [0.2, 0.25) is 5.91 Å². The van der Waals surface area contributed by atoms with Gasteiger partial charge >= 0.3 is 5.97 Å². The summed E-state index contributed by atoms with van der Waals surface area (Å²) in [6.45, 7) is 1.74. The third-order valence-corrected chi connectivity index (χ3v) is 5.91. The number of fused-ring (bicyclic) bond motifs is 1. The molecule has 1 aliphatic carbocycles. The Labute approximate surface area is 170 Å². The normalized spacial score (nSPS) is 13.1. The van der Waals surface area contributed by atoms with Gasteiger partial charge in [-0.2, -0.15) is 0 Å². The number of amides is 1. The number of pyridine rings is 1. The predicted octanol–water partition coefficient (Wildman–Crippen LogP) is 3.91. The molecule has 27 heavy (non-hydrogen) atoms. The van der Waals surface area contributed by atoms with Crippen LogP contribution >= 0.6 is 34.5 Å². The standard InChI is InChI=1S/C18H18Cl2N2O4S/c1-2-26-18(25)15-11-5-3-4-6-13(11)27-16(15)21-14(23)9-22-8-10(19)7-12(20)17(22)24/h7-8H,2-6,9H2,1H3,(H,21,23). The second kappa shape index (κ2) is 8.46. The van der Waals surface area contributed by atoms with E-state index in [2.05, 4.69) is 5.32 Å². The fourth-order valence-electron chi connectivity index (χ4n) is 3.08. The molecule has 1 aliphatic rings. The minimum Gasteiger partial charge on any atom is -0.462 e. The zero-order valence-corrected chi connectivity index (χ0v) is 17.0. The molecule has 3 rings (SSSR count). The summed E-state index contributed by atoms with van der Waals surface area (Å²) in [6.07, 6.45) is 5.07. The lowest BCUT2D eigenvalue weighted by Crippen LogP contribution is -2.27. The maximum atomic E-state index is 12.5. The maximum Gasteiger partial charge on any atom is 0.341 e. The zero-order chi connectivity index (χ0) is 19.6. The second-order valence-electron chi connectivity index (χ2n) is 6.12. The van der Waals surface area contributed by atoms with Gasteiger partial charge in [-0.15, -0.1) is 11.3 Å². The van der Waals surface area contributed by atoms with Crippen molar-refractivity contribution >= 4 is 51.4 Å². The Hall–Kier alpha value is -1.83. The average Bonchev–Trinajstić information content (AvgIpc) is 2.97. The molecule has 0 unspecified atom stereocenters. The van der Waals surface area contributed by atoms with Crippen LogP contribution in [0.5, 0.6) is 0 Å². The van der Waals surface area contributed by atoms with Gasteiger partial charge in [0.05, 0.1) is 17.2 Å². The number of aromatic nitrogens is 1. The SMILES string of the molecule is CCOC(=O)c1c(NC(=O)Cn2cc(Cl)cc(Cl)c2=O)sc2c1CCCC2. The van der Waals surface area contributed by atoms with Gasteiger partial charge in [-0.3, -0.25) is 9.59 Å². The number of aryl methyl sites for hydroxylation is 1. The summed E-state index contributed by atoms with van der Waals surface area (Å²) < 4.78 is 6.31. The average molecular weight is 429 g/mol. The van der Waals surface area contributed by atoms with E-state index in [1.807, 2.05) is 0 Å². The number of halogens is 2. The van der Waals surface area contributed by atoms with Gasteiger partial charge in [0, 0.05) is 11.1 Å². The summed E-state index contributed by atoms with van der Waals surface area (Å²) in [5.41, 5.74) is 0.886. The van der Waals surface area contributed by atoms with E-state index in [4.69, 9.17) is 27.9 Å². The molecule has 0 aromatic carbocycles. The van der Waals surface area contributed by atoms with E-state index < -0.39 is 17.4 Å². The van der Waals surface area contributed by atoms with Crippen molar-refractivity contribution in [1.82, 2.24) is 4.57 Å². The molecule has 0 spiro atoms. The molecule has 9 heteroatoms. The second-order valence-corrected chi connectivity index (χ2v) is 8.07.